The first kappa shape index (κ1) is 27.7. The van der Waals surface area contributed by atoms with Crippen LogP contribution in [-0.2, 0) is 18.8 Å². The van der Waals surface area contributed by atoms with Gasteiger partial charge in [0.05, 0.1) is 16.8 Å². The Morgan fingerprint density at radius 3 is 2.18 bits per heavy atom. The fourth-order valence-electron chi connectivity index (χ4n) is 3.48. The summed E-state index contributed by atoms with van der Waals surface area (Å²) in [7, 11) is -2.21. The molecule has 0 aliphatic rings. The smallest absolute Gasteiger partial charge is 0.316 e. The fourth-order valence-corrected chi connectivity index (χ4v) is 5.27. The van der Waals surface area contributed by atoms with Crippen molar-refractivity contribution in [3.63, 3.8) is 0 Å². The molecule has 186 valence electrons. The molecule has 2 aromatic rings. The summed E-state index contributed by atoms with van der Waals surface area (Å²) in [6, 6.07) is 9.55. The lowest BCUT2D eigenvalue weighted by molar-refractivity contribution is -0.155. The van der Waals surface area contributed by atoms with Gasteiger partial charge in [0, 0.05) is 12.3 Å². The molecule has 1 heterocycles. The summed E-state index contributed by atoms with van der Waals surface area (Å²) in [4.78, 5) is 28.4. The molecule has 1 aromatic heterocycles. The molecule has 0 amide bonds. The van der Waals surface area contributed by atoms with Gasteiger partial charge in [0.2, 0.25) is 0 Å². The zero-order valence-electron chi connectivity index (χ0n) is 22.1. The molecule has 1 unspecified atom stereocenters. The van der Waals surface area contributed by atoms with E-state index >= 15 is 0 Å². The molecule has 0 radical (unpaired) electrons. The Morgan fingerprint density at radius 2 is 1.65 bits per heavy atom. The third-order valence-electron chi connectivity index (χ3n) is 7.12. The van der Waals surface area contributed by atoms with Gasteiger partial charge in [0.15, 0.2) is 8.32 Å². The maximum Gasteiger partial charge on any atom is 0.316 e. The van der Waals surface area contributed by atoms with Crippen LogP contribution in [0.2, 0.25) is 18.1 Å². The molecule has 0 spiro atoms. The van der Waals surface area contributed by atoms with Crippen molar-refractivity contribution in [2.24, 2.45) is 5.41 Å². The number of aliphatic carboxylic acids is 1. The maximum atomic E-state index is 12.5. The predicted octanol–water partition coefficient (Wildman–Crippen LogP) is 6.76. The second-order valence-corrected chi connectivity index (χ2v) is 15.9. The van der Waals surface area contributed by atoms with E-state index in [2.05, 4.69) is 38.8 Å². The van der Waals surface area contributed by atoms with Crippen molar-refractivity contribution >= 4 is 37.2 Å². The molecule has 2 rings (SSSR count). The number of carbonyl (C=O) groups is 2. The number of hydrogen-bond acceptors (Lipinski definition) is 5. The summed E-state index contributed by atoms with van der Waals surface area (Å²) < 4.78 is 11.8. The summed E-state index contributed by atoms with van der Waals surface area (Å²) in [6.45, 7) is 19.3. The molecule has 1 N–H and O–H groups in total. The molecule has 0 aliphatic carbocycles. The number of hydrogen-bond donors (Lipinski definition) is 1. The molecule has 2 atom stereocenters. The number of fused-ring (bicyclic) bond motifs is 1. The number of carboxylic acids is 1. The first-order valence-electron chi connectivity index (χ1n) is 11.6. The number of aromatic nitrogens is 1. The van der Waals surface area contributed by atoms with Crippen LogP contribution in [0.15, 0.2) is 36.4 Å². The second kappa shape index (κ2) is 9.62. The Morgan fingerprint density at radius 1 is 1.06 bits per heavy atom. The zero-order chi connectivity index (χ0) is 26.1. The molecule has 0 saturated heterocycles. The van der Waals surface area contributed by atoms with Gasteiger partial charge >= 0.3 is 11.9 Å². The van der Waals surface area contributed by atoms with E-state index in [1.165, 1.54) is 6.92 Å². The van der Waals surface area contributed by atoms with Gasteiger partial charge in [-0.1, -0.05) is 51.1 Å². The van der Waals surface area contributed by atoms with E-state index in [-0.39, 0.29) is 11.0 Å². The average Bonchev–Trinajstić information content (AvgIpc) is 2.68. The Balaban J connectivity index is 2.43. The van der Waals surface area contributed by atoms with Gasteiger partial charge in [0.25, 0.3) is 0 Å². The largest absolute Gasteiger partial charge is 0.481 e. The zero-order valence-corrected chi connectivity index (χ0v) is 23.1. The van der Waals surface area contributed by atoms with Gasteiger partial charge < -0.3 is 14.3 Å². The van der Waals surface area contributed by atoms with E-state index in [0.29, 0.717) is 5.69 Å². The van der Waals surface area contributed by atoms with E-state index in [1.807, 2.05) is 50.3 Å². The van der Waals surface area contributed by atoms with Gasteiger partial charge in [-0.2, -0.15) is 0 Å². The molecular formula is C27H39NO5Si. The van der Waals surface area contributed by atoms with E-state index in [9.17, 15) is 14.7 Å². The number of carboxylic acid groups (broad SMARTS) is 1. The number of ether oxygens (including phenoxy) is 1. The Kier molecular flexibility index (Phi) is 7.85. The van der Waals surface area contributed by atoms with E-state index in [4.69, 9.17) is 9.16 Å². The minimum absolute atomic E-state index is 0.0433. The average molecular weight is 486 g/mol. The van der Waals surface area contributed by atoms with Crippen molar-refractivity contribution in [2.75, 3.05) is 0 Å². The number of esters is 1. The molecule has 6 nitrogen and oxygen atoms in total. The number of benzene rings is 1. The van der Waals surface area contributed by atoms with Crippen LogP contribution in [0, 0.1) is 5.41 Å². The van der Waals surface area contributed by atoms with Gasteiger partial charge in [-0.25, -0.2) is 4.98 Å². The molecule has 1 aromatic carbocycles. The molecule has 0 fully saturated rings. The van der Waals surface area contributed by atoms with Crippen LogP contribution >= 0.6 is 0 Å². The molecular weight excluding hydrogens is 446 g/mol. The lowest BCUT2D eigenvalue weighted by atomic mass is 9.75. The number of carbonyl (C=O) groups excluding carboxylic acids is 1. The third-order valence-corrected chi connectivity index (χ3v) is 11.8. The summed E-state index contributed by atoms with van der Waals surface area (Å²) >= 11 is 0. The van der Waals surface area contributed by atoms with Crippen molar-refractivity contribution < 1.29 is 23.9 Å². The molecule has 7 heteroatoms. The number of nitrogens with zero attached hydrogens (tertiary/aromatic N) is 1. The lowest BCUT2D eigenvalue weighted by Crippen LogP contribution is -2.56. The van der Waals surface area contributed by atoms with Crippen molar-refractivity contribution in [3.8, 4) is 0 Å². The van der Waals surface area contributed by atoms with Gasteiger partial charge in [0.1, 0.15) is 11.5 Å². The Bertz CT molecular complexity index is 1100. The van der Waals surface area contributed by atoms with E-state index < -0.39 is 31.4 Å². The standard InChI is InChI=1S/C27H39NO5Si/c1-18(32-19(2)29)22-14-13-21-12-11-20(17-23(21)28-22)15-16-27(8,24(30)31)26(6,7)33-34(9,10)25(3,4)5/h11-18H,1-10H3,(H,30,31)/b16-15+/t18-,27?/m1/s1. The van der Waals surface area contributed by atoms with Crippen LogP contribution in [0.5, 0.6) is 0 Å². The lowest BCUT2D eigenvalue weighted by Gasteiger charge is -2.48. The SMILES string of the molecule is CC(=O)O[C@H](C)c1ccc2ccc(/C=C/C(C)(C(=O)O)C(C)(C)O[Si](C)(C)C(C)(C)C)cc2n1. The highest BCUT2D eigenvalue weighted by Crippen LogP contribution is 2.45. The minimum Gasteiger partial charge on any atom is -0.481 e. The summed E-state index contributed by atoms with van der Waals surface area (Å²) in [5.41, 5.74) is 0.0416. The highest BCUT2D eigenvalue weighted by Gasteiger charge is 2.51. The number of rotatable bonds is 8. The minimum atomic E-state index is -2.21. The third kappa shape index (κ3) is 5.94. The molecule has 0 aliphatic heterocycles. The van der Waals surface area contributed by atoms with Crippen LogP contribution in [0.4, 0.5) is 0 Å². The monoisotopic (exact) mass is 485 g/mol. The topological polar surface area (TPSA) is 85.7 Å². The maximum absolute atomic E-state index is 12.5. The Hall–Kier alpha value is -2.51. The van der Waals surface area contributed by atoms with Crippen LogP contribution in [0.3, 0.4) is 0 Å². The quantitative estimate of drug-likeness (QED) is 0.328. The highest BCUT2D eigenvalue weighted by molar-refractivity contribution is 6.74. The normalized spacial score (nSPS) is 15.8. The van der Waals surface area contributed by atoms with Crippen LogP contribution < -0.4 is 0 Å². The summed E-state index contributed by atoms with van der Waals surface area (Å²) in [5.74, 6) is -1.30. The number of pyridine rings is 1. The van der Waals surface area contributed by atoms with Crippen LogP contribution in [0.25, 0.3) is 17.0 Å². The highest BCUT2D eigenvalue weighted by atomic mass is 28.4. The first-order valence-corrected chi connectivity index (χ1v) is 14.5. The van der Waals surface area contributed by atoms with Crippen molar-refractivity contribution in [1.29, 1.82) is 0 Å². The molecule has 34 heavy (non-hydrogen) atoms. The van der Waals surface area contributed by atoms with Crippen molar-refractivity contribution in [2.45, 2.75) is 85.2 Å². The Labute approximate surface area is 204 Å². The fraction of sp³-hybridized carbons (Fsp3) is 0.519. The predicted molar refractivity (Wildman–Crippen MR) is 139 cm³/mol. The molecule has 0 bridgehead atoms. The van der Waals surface area contributed by atoms with E-state index in [1.54, 1.807) is 19.9 Å². The molecule has 0 saturated carbocycles. The van der Waals surface area contributed by atoms with Gasteiger partial charge in [-0.05, 0) is 63.5 Å². The van der Waals surface area contributed by atoms with Crippen LogP contribution in [0.1, 0.15) is 72.8 Å². The van der Waals surface area contributed by atoms with Crippen molar-refractivity contribution in [1.82, 2.24) is 4.98 Å². The summed E-state index contributed by atoms with van der Waals surface area (Å²) in [6.07, 6.45) is 3.08. The summed E-state index contributed by atoms with van der Waals surface area (Å²) in [5, 5.41) is 11.1. The van der Waals surface area contributed by atoms with Gasteiger partial charge in [-0.15, -0.1) is 0 Å². The van der Waals surface area contributed by atoms with E-state index in [0.717, 1.165) is 16.5 Å². The van der Waals surface area contributed by atoms with Crippen molar-refractivity contribution in [3.05, 3.63) is 47.7 Å². The van der Waals surface area contributed by atoms with Gasteiger partial charge in [-0.3, -0.25) is 9.59 Å². The second-order valence-electron chi connectivity index (χ2n) is 11.2. The van der Waals surface area contributed by atoms with Crippen LogP contribution in [-0.4, -0.2) is 35.9 Å². The first-order chi connectivity index (χ1) is 15.4.